The maximum Gasteiger partial charge on any atom is 0.401 e. The molecule has 5 heteroatoms. The first-order valence-corrected chi connectivity index (χ1v) is 6.85. The van der Waals surface area contributed by atoms with Crippen molar-refractivity contribution in [1.82, 2.24) is 10.2 Å². The van der Waals surface area contributed by atoms with Gasteiger partial charge in [0.1, 0.15) is 0 Å². The van der Waals surface area contributed by atoms with Gasteiger partial charge in [0.2, 0.25) is 0 Å². The Morgan fingerprint density at radius 3 is 2.33 bits per heavy atom. The SMILES string of the molecule is CCN(CC(F)(F)F)C1CCC1CNCC(C)C. The largest absolute Gasteiger partial charge is 0.401 e. The van der Waals surface area contributed by atoms with Crippen LogP contribution in [0.15, 0.2) is 0 Å². The molecule has 2 nitrogen and oxygen atoms in total. The van der Waals surface area contributed by atoms with Crippen LogP contribution in [0.1, 0.15) is 33.6 Å². The van der Waals surface area contributed by atoms with Crippen LogP contribution in [-0.2, 0) is 0 Å². The van der Waals surface area contributed by atoms with Crippen molar-refractivity contribution in [2.45, 2.75) is 45.8 Å². The van der Waals surface area contributed by atoms with Gasteiger partial charge in [0, 0.05) is 6.04 Å². The lowest BCUT2D eigenvalue weighted by atomic mass is 9.78. The molecule has 18 heavy (non-hydrogen) atoms. The molecule has 2 unspecified atom stereocenters. The van der Waals surface area contributed by atoms with E-state index in [0.717, 1.165) is 25.9 Å². The average molecular weight is 266 g/mol. The molecule has 1 fully saturated rings. The van der Waals surface area contributed by atoms with Crippen molar-refractivity contribution in [3.63, 3.8) is 0 Å². The summed E-state index contributed by atoms with van der Waals surface area (Å²) in [4.78, 5) is 1.57. The van der Waals surface area contributed by atoms with Crippen molar-refractivity contribution in [3.8, 4) is 0 Å². The topological polar surface area (TPSA) is 15.3 Å². The molecule has 1 saturated carbocycles. The number of halogens is 3. The molecule has 2 atom stereocenters. The maximum atomic E-state index is 12.4. The van der Waals surface area contributed by atoms with Gasteiger partial charge in [-0.3, -0.25) is 4.90 Å². The molecule has 0 aromatic carbocycles. The number of hydrogen-bond acceptors (Lipinski definition) is 2. The molecular weight excluding hydrogens is 241 g/mol. The highest BCUT2D eigenvalue weighted by Gasteiger charge is 2.39. The van der Waals surface area contributed by atoms with E-state index in [1.54, 1.807) is 4.90 Å². The normalized spacial score (nSPS) is 24.7. The second-order valence-electron chi connectivity index (χ2n) is 5.64. The van der Waals surface area contributed by atoms with Crippen molar-refractivity contribution in [2.75, 3.05) is 26.2 Å². The lowest BCUT2D eigenvalue weighted by molar-refractivity contribution is -0.157. The smallest absolute Gasteiger partial charge is 0.316 e. The Morgan fingerprint density at radius 1 is 1.28 bits per heavy atom. The van der Waals surface area contributed by atoms with Crippen LogP contribution in [0, 0.1) is 11.8 Å². The van der Waals surface area contributed by atoms with Gasteiger partial charge in [-0.25, -0.2) is 0 Å². The zero-order valence-corrected chi connectivity index (χ0v) is 11.6. The van der Waals surface area contributed by atoms with Crippen LogP contribution in [0.2, 0.25) is 0 Å². The summed E-state index contributed by atoms with van der Waals surface area (Å²) in [6.07, 6.45) is -2.14. The average Bonchev–Trinajstić information content (AvgIpc) is 2.19. The molecule has 0 radical (unpaired) electrons. The fraction of sp³-hybridized carbons (Fsp3) is 1.00. The molecule has 0 bridgehead atoms. The Labute approximate surface area is 108 Å². The van der Waals surface area contributed by atoms with Crippen molar-refractivity contribution in [2.24, 2.45) is 11.8 Å². The third-order valence-electron chi connectivity index (χ3n) is 3.59. The molecule has 0 aromatic rings. The Balaban J connectivity index is 2.35. The van der Waals surface area contributed by atoms with Gasteiger partial charge in [-0.1, -0.05) is 20.8 Å². The predicted octanol–water partition coefficient (Wildman–Crippen LogP) is 2.89. The first kappa shape index (κ1) is 15.8. The van der Waals surface area contributed by atoms with Crippen LogP contribution in [-0.4, -0.2) is 43.3 Å². The molecule has 1 aliphatic rings. The van der Waals surface area contributed by atoms with Gasteiger partial charge < -0.3 is 5.32 Å². The monoisotopic (exact) mass is 266 g/mol. The number of rotatable bonds is 7. The standard InChI is InChI=1S/C13H25F3N2/c1-4-18(9-13(14,15)16)12-6-5-11(12)8-17-7-10(2)3/h10-12,17H,4-9H2,1-3H3. The minimum atomic E-state index is -4.08. The Kier molecular flexibility index (Phi) is 5.92. The van der Waals surface area contributed by atoms with Gasteiger partial charge in [-0.2, -0.15) is 13.2 Å². The molecule has 0 spiro atoms. The summed E-state index contributed by atoms with van der Waals surface area (Å²) in [6.45, 7) is 7.56. The van der Waals surface area contributed by atoms with E-state index in [2.05, 4.69) is 19.2 Å². The van der Waals surface area contributed by atoms with Crippen molar-refractivity contribution >= 4 is 0 Å². The van der Waals surface area contributed by atoms with Gasteiger partial charge in [0.15, 0.2) is 0 Å². The maximum absolute atomic E-state index is 12.4. The van der Waals surface area contributed by atoms with E-state index in [-0.39, 0.29) is 6.04 Å². The summed E-state index contributed by atoms with van der Waals surface area (Å²) in [7, 11) is 0. The van der Waals surface area contributed by atoms with Crippen molar-refractivity contribution < 1.29 is 13.2 Å². The fourth-order valence-corrected chi connectivity index (χ4v) is 2.52. The summed E-state index contributed by atoms with van der Waals surface area (Å²) in [5.74, 6) is 0.965. The number of alkyl halides is 3. The minimum Gasteiger partial charge on any atom is -0.316 e. The lowest BCUT2D eigenvalue weighted by Crippen LogP contribution is -2.53. The van der Waals surface area contributed by atoms with Crippen molar-refractivity contribution in [3.05, 3.63) is 0 Å². The molecule has 0 aromatic heterocycles. The van der Waals surface area contributed by atoms with E-state index in [0.29, 0.717) is 18.4 Å². The number of nitrogens with zero attached hydrogens (tertiary/aromatic N) is 1. The molecule has 108 valence electrons. The molecule has 0 saturated heterocycles. The van der Waals surface area contributed by atoms with Crippen LogP contribution >= 0.6 is 0 Å². The van der Waals surface area contributed by atoms with Crippen LogP contribution in [0.3, 0.4) is 0 Å². The van der Waals surface area contributed by atoms with Gasteiger partial charge in [-0.15, -0.1) is 0 Å². The number of nitrogens with one attached hydrogen (secondary N) is 1. The summed E-state index contributed by atoms with van der Waals surface area (Å²) in [5.41, 5.74) is 0. The second-order valence-corrected chi connectivity index (χ2v) is 5.64. The predicted molar refractivity (Wildman–Crippen MR) is 67.5 cm³/mol. The summed E-state index contributed by atoms with van der Waals surface area (Å²) in [6, 6.07) is 0.108. The van der Waals surface area contributed by atoms with Gasteiger partial charge >= 0.3 is 6.18 Å². The van der Waals surface area contributed by atoms with Crippen LogP contribution in [0.4, 0.5) is 13.2 Å². The first-order valence-electron chi connectivity index (χ1n) is 6.85. The van der Waals surface area contributed by atoms with Crippen LogP contribution in [0.5, 0.6) is 0 Å². The highest BCUT2D eigenvalue weighted by molar-refractivity contribution is 4.90. The molecule has 1 N–H and O–H groups in total. The van der Waals surface area contributed by atoms with Gasteiger partial charge in [0.25, 0.3) is 0 Å². The summed E-state index contributed by atoms with van der Waals surface area (Å²) >= 11 is 0. The molecule has 1 aliphatic carbocycles. The minimum absolute atomic E-state index is 0.108. The molecule has 0 aliphatic heterocycles. The second kappa shape index (κ2) is 6.75. The quantitative estimate of drug-likeness (QED) is 0.762. The molecule has 1 rings (SSSR count). The molecule has 0 heterocycles. The van der Waals surface area contributed by atoms with Gasteiger partial charge in [0.05, 0.1) is 6.54 Å². The van der Waals surface area contributed by atoms with Crippen molar-refractivity contribution in [1.29, 1.82) is 0 Å². The third kappa shape index (κ3) is 5.14. The highest BCUT2D eigenvalue weighted by Crippen LogP contribution is 2.33. The molecular formula is C13H25F3N2. The molecule has 0 amide bonds. The van der Waals surface area contributed by atoms with Gasteiger partial charge in [-0.05, 0) is 44.3 Å². The van der Waals surface area contributed by atoms with E-state index in [9.17, 15) is 13.2 Å². The van der Waals surface area contributed by atoms with Crippen LogP contribution in [0.25, 0.3) is 0 Å². The van der Waals surface area contributed by atoms with Crippen LogP contribution < -0.4 is 5.32 Å². The first-order chi connectivity index (χ1) is 8.33. The zero-order valence-electron chi connectivity index (χ0n) is 11.6. The Hall–Kier alpha value is -0.290. The fourth-order valence-electron chi connectivity index (χ4n) is 2.52. The third-order valence-corrected chi connectivity index (χ3v) is 3.59. The summed E-state index contributed by atoms with van der Waals surface area (Å²) < 4.78 is 37.3. The van der Waals surface area contributed by atoms with E-state index < -0.39 is 12.7 Å². The van der Waals surface area contributed by atoms with E-state index >= 15 is 0 Å². The number of hydrogen-bond donors (Lipinski definition) is 1. The Bertz CT molecular complexity index is 241. The summed E-state index contributed by atoms with van der Waals surface area (Å²) in [5, 5.41) is 3.35. The van der Waals surface area contributed by atoms with E-state index in [4.69, 9.17) is 0 Å². The zero-order chi connectivity index (χ0) is 13.8. The lowest BCUT2D eigenvalue weighted by Gasteiger charge is -2.44. The Morgan fingerprint density at radius 2 is 1.94 bits per heavy atom. The highest BCUT2D eigenvalue weighted by atomic mass is 19.4. The van der Waals surface area contributed by atoms with E-state index in [1.807, 2.05) is 6.92 Å². The van der Waals surface area contributed by atoms with E-state index in [1.165, 1.54) is 0 Å².